The summed E-state index contributed by atoms with van der Waals surface area (Å²) in [5, 5.41) is 40.2. The van der Waals surface area contributed by atoms with E-state index in [1.165, 1.54) is 27.7 Å². The first-order chi connectivity index (χ1) is 6.92. The van der Waals surface area contributed by atoms with Gasteiger partial charge in [0.15, 0.2) is 5.79 Å². The fourth-order valence-corrected chi connectivity index (χ4v) is 2.31. The van der Waals surface area contributed by atoms with Crippen molar-refractivity contribution >= 4 is 0 Å². The smallest absolute Gasteiger partial charge is 0.169 e. The van der Waals surface area contributed by atoms with Gasteiger partial charge in [0.1, 0.15) is 16.8 Å². The number of aliphatic hydroxyl groups excluding tert-OH is 1. The summed E-state index contributed by atoms with van der Waals surface area (Å²) in [6.45, 7) is 6.79. The highest BCUT2D eigenvalue weighted by Gasteiger charge is 2.66. The monoisotopic (exact) mass is 234 g/mol. The van der Waals surface area contributed by atoms with Crippen LogP contribution >= 0.6 is 0 Å². The van der Waals surface area contributed by atoms with Gasteiger partial charge >= 0.3 is 0 Å². The molecule has 0 amide bonds. The lowest BCUT2D eigenvalue weighted by molar-refractivity contribution is -0.406. The maximum absolute atomic E-state index is 10.4. The lowest BCUT2D eigenvalue weighted by atomic mass is 9.63. The predicted octanol–water partition coefficient (Wildman–Crippen LogP) is -0.386. The third-order valence-corrected chi connectivity index (χ3v) is 4.40. The van der Waals surface area contributed by atoms with Crippen LogP contribution < -0.4 is 0 Å². The van der Waals surface area contributed by atoms with Crippen molar-refractivity contribution in [1.82, 2.24) is 0 Å². The molecule has 0 saturated carbocycles. The molecule has 0 aromatic heterocycles. The molecular weight excluding hydrogens is 212 g/mol. The topological polar surface area (TPSA) is 90.2 Å². The van der Waals surface area contributed by atoms with E-state index < -0.39 is 35.1 Å². The molecule has 4 N–H and O–H groups in total. The van der Waals surface area contributed by atoms with Gasteiger partial charge in [-0.15, -0.1) is 0 Å². The highest BCUT2D eigenvalue weighted by Crippen LogP contribution is 2.49. The molecule has 5 nitrogen and oxygen atoms in total. The van der Waals surface area contributed by atoms with Crippen LogP contribution in [0.2, 0.25) is 0 Å². The number of hydrogen-bond donors (Lipinski definition) is 4. The van der Waals surface area contributed by atoms with Crippen molar-refractivity contribution in [3.63, 3.8) is 0 Å². The van der Waals surface area contributed by atoms with Gasteiger partial charge < -0.3 is 25.2 Å². The fourth-order valence-electron chi connectivity index (χ4n) is 2.31. The van der Waals surface area contributed by atoms with Crippen LogP contribution in [0, 0.1) is 5.92 Å². The molecule has 0 aromatic rings. The molecule has 3 unspecified atom stereocenters. The molecule has 0 aromatic carbocycles. The van der Waals surface area contributed by atoms with E-state index in [4.69, 9.17) is 4.74 Å². The molecule has 1 aliphatic rings. The van der Waals surface area contributed by atoms with Crippen LogP contribution in [-0.4, -0.2) is 49.6 Å². The zero-order valence-corrected chi connectivity index (χ0v) is 10.5. The number of rotatable bonds is 1. The number of ether oxygens (including phenoxy) is 1. The minimum atomic E-state index is -1.67. The van der Waals surface area contributed by atoms with Crippen LogP contribution in [0.3, 0.4) is 0 Å². The molecule has 1 fully saturated rings. The Hall–Kier alpha value is -0.200. The van der Waals surface area contributed by atoms with Gasteiger partial charge in [-0.25, -0.2) is 0 Å². The molecule has 1 aliphatic heterocycles. The normalized spacial score (nSPS) is 58.7. The van der Waals surface area contributed by atoms with Crippen molar-refractivity contribution in [3.8, 4) is 0 Å². The zero-order valence-electron chi connectivity index (χ0n) is 10.5. The second kappa shape index (κ2) is 3.40. The Morgan fingerprint density at radius 3 is 1.88 bits per heavy atom. The van der Waals surface area contributed by atoms with Crippen LogP contribution in [0.5, 0.6) is 0 Å². The Balaban J connectivity index is 3.31. The fraction of sp³-hybridized carbons (Fsp3) is 1.00. The van der Waals surface area contributed by atoms with E-state index in [9.17, 15) is 20.4 Å². The van der Waals surface area contributed by atoms with Crippen molar-refractivity contribution in [2.75, 3.05) is 6.61 Å². The first-order valence-electron chi connectivity index (χ1n) is 5.40. The Bertz CT molecular complexity index is 277. The van der Waals surface area contributed by atoms with Crippen LogP contribution in [0.4, 0.5) is 0 Å². The molecule has 5 heteroatoms. The summed E-state index contributed by atoms with van der Waals surface area (Å²) in [6.07, 6.45) is 0. The van der Waals surface area contributed by atoms with Crippen molar-refractivity contribution in [2.45, 2.75) is 57.2 Å². The van der Waals surface area contributed by atoms with Crippen LogP contribution in [0.25, 0.3) is 0 Å². The van der Waals surface area contributed by atoms with Gasteiger partial charge in [0.2, 0.25) is 0 Å². The second-order valence-electron chi connectivity index (χ2n) is 5.49. The molecule has 0 aliphatic carbocycles. The second-order valence-corrected chi connectivity index (χ2v) is 5.49. The van der Waals surface area contributed by atoms with E-state index in [1.807, 2.05) is 0 Å². The quantitative estimate of drug-likeness (QED) is 0.496. The van der Waals surface area contributed by atoms with Gasteiger partial charge in [-0.05, 0) is 27.7 Å². The van der Waals surface area contributed by atoms with Crippen LogP contribution in [-0.2, 0) is 4.74 Å². The van der Waals surface area contributed by atoms with Gasteiger partial charge in [0.05, 0.1) is 6.61 Å². The van der Waals surface area contributed by atoms with Crippen molar-refractivity contribution < 1.29 is 25.2 Å². The van der Waals surface area contributed by atoms with E-state index in [0.717, 1.165) is 0 Å². The zero-order chi connectivity index (χ0) is 13.0. The Labute approximate surface area is 95.7 Å². The van der Waals surface area contributed by atoms with Crippen molar-refractivity contribution in [2.24, 2.45) is 5.92 Å². The van der Waals surface area contributed by atoms with Gasteiger partial charge in [-0.3, -0.25) is 0 Å². The Kier molecular flexibility index (Phi) is 2.94. The molecule has 1 rings (SSSR count). The predicted molar refractivity (Wildman–Crippen MR) is 57.6 cm³/mol. The molecule has 5 atom stereocenters. The molecule has 1 heterocycles. The van der Waals surface area contributed by atoms with E-state index >= 15 is 0 Å². The van der Waals surface area contributed by atoms with Crippen molar-refractivity contribution in [1.29, 1.82) is 0 Å². The van der Waals surface area contributed by atoms with Gasteiger partial charge in [0.25, 0.3) is 0 Å². The third kappa shape index (κ3) is 1.50. The summed E-state index contributed by atoms with van der Waals surface area (Å²) >= 11 is 0. The summed E-state index contributed by atoms with van der Waals surface area (Å²) in [6, 6.07) is 0. The molecular formula is C11H22O5. The maximum Gasteiger partial charge on any atom is 0.169 e. The maximum atomic E-state index is 10.4. The Morgan fingerprint density at radius 1 is 1.06 bits per heavy atom. The van der Waals surface area contributed by atoms with E-state index in [1.54, 1.807) is 6.92 Å². The summed E-state index contributed by atoms with van der Waals surface area (Å²) in [5.41, 5.74) is -4.67. The minimum Gasteiger partial charge on any atom is -0.393 e. The SMILES string of the molecule is CC1C(C)(O)[C@](C)(O)C(C)(CO)O[C@@]1(C)O. The first kappa shape index (κ1) is 13.9. The average Bonchev–Trinajstić information content (AvgIpc) is 2.13. The van der Waals surface area contributed by atoms with Crippen molar-refractivity contribution in [3.05, 3.63) is 0 Å². The third-order valence-electron chi connectivity index (χ3n) is 4.40. The average molecular weight is 234 g/mol. The minimum absolute atomic E-state index is 0.501. The Morgan fingerprint density at radius 2 is 1.50 bits per heavy atom. The lowest BCUT2D eigenvalue weighted by Crippen LogP contribution is -2.77. The summed E-state index contributed by atoms with van der Waals surface area (Å²) < 4.78 is 5.37. The molecule has 0 spiro atoms. The lowest BCUT2D eigenvalue weighted by Gasteiger charge is -2.60. The standard InChI is InChI=1S/C11H22O5/c1-7-9(3,13)11(5,15)8(2,6-12)16-10(7,4)14/h7,12-15H,6H2,1-5H3/t7?,8?,9?,10-,11-/m1/s1. The summed E-state index contributed by atoms with van der Waals surface area (Å²) in [4.78, 5) is 0. The highest BCUT2D eigenvalue weighted by molar-refractivity contribution is 5.14. The summed E-state index contributed by atoms with van der Waals surface area (Å²) in [7, 11) is 0. The molecule has 0 bridgehead atoms. The van der Waals surface area contributed by atoms with Crippen LogP contribution in [0.1, 0.15) is 34.6 Å². The number of hydrogen-bond acceptors (Lipinski definition) is 5. The summed E-state index contributed by atoms with van der Waals surface area (Å²) in [5.74, 6) is -2.31. The van der Waals surface area contributed by atoms with Gasteiger partial charge in [-0.2, -0.15) is 0 Å². The van der Waals surface area contributed by atoms with E-state index in [2.05, 4.69) is 0 Å². The highest BCUT2D eigenvalue weighted by atomic mass is 16.7. The molecule has 16 heavy (non-hydrogen) atoms. The largest absolute Gasteiger partial charge is 0.393 e. The van der Waals surface area contributed by atoms with Gasteiger partial charge in [-0.1, -0.05) is 6.92 Å². The van der Waals surface area contributed by atoms with Crippen LogP contribution in [0.15, 0.2) is 0 Å². The molecule has 1 saturated heterocycles. The first-order valence-corrected chi connectivity index (χ1v) is 5.40. The van der Waals surface area contributed by atoms with Gasteiger partial charge in [0, 0.05) is 5.92 Å². The van der Waals surface area contributed by atoms with E-state index in [0.29, 0.717) is 0 Å². The number of aliphatic hydroxyl groups is 4. The van der Waals surface area contributed by atoms with E-state index in [-0.39, 0.29) is 0 Å². The molecule has 96 valence electrons. The molecule has 0 radical (unpaired) electrons.